The molecule has 0 rings (SSSR count). The van der Waals surface area contributed by atoms with Gasteiger partial charge in [0.15, 0.2) is 0 Å². The van der Waals surface area contributed by atoms with Crippen LogP contribution in [0.15, 0.2) is 12.2 Å². The first kappa shape index (κ1) is 43.2. The monoisotopic (exact) mass is 647 g/mol. The molecule has 0 saturated heterocycles. The third-order valence-corrected chi connectivity index (χ3v) is 8.96. The molecule has 0 aliphatic carbocycles. The van der Waals surface area contributed by atoms with Crippen molar-refractivity contribution in [2.75, 3.05) is 40.9 Å². The van der Waals surface area contributed by atoms with Gasteiger partial charge in [0, 0.05) is 6.42 Å². The molecule has 9 heteroatoms. The Morgan fingerprint density at radius 1 is 0.773 bits per heavy atom. The molecular formula is C35H71N2O6P. The van der Waals surface area contributed by atoms with E-state index in [4.69, 9.17) is 9.05 Å². The molecule has 3 atom stereocenters. The van der Waals surface area contributed by atoms with Crippen molar-refractivity contribution in [3.05, 3.63) is 12.2 Å². The number of hydrogen-bond acceptors (Lipinski definition) is 6. The van der Waals surface area contributed by atoms with Crippen LogP contribution in [0.1, 0.15) is 155 Å². The summed E-state index contributed by atoms with van der Waals surface area (Å²) < 4.78 is 23.0. The molecule has 1 amide bonds. The summed E-state index contributed by atoms with van der Waals surface area (Å²) in [5.74, 6) is -0.203. The molecule has 1 unspecified atom stereocenters. The smallest absolute Gasteiger partial charge is 0.268 e. The van der Waals surface area contributed by atoms with E-state index < -0.39 is 20.0 Å². The Morgan fingerprint density at radius 3 is 1.70 bits per heavy atom. The number of phosphoric ester groups is 1. The Kier molecular flexibility index (Phi) is 28.0. The highest BCUT2D eigenvalue weighted by atomic mass is 31.2. The molecule has 0 spiro atoms. The summed E-state index contributed by atoms with van der Waals surface area (Å²) in [4.78, 5) is 25.0. The molecule has 0 aromatic heterocycles. The van der Waals surface area contributed by atoms with E-state index in [-0.39, 0.29) is 19.1 Å². The zero-order valence-electron chi connectivity index (χ0n) is 29.4. The molecule has 0 aromatic rings. The lowest BCUT2D eigenvalue weighted by Crippen LogP contribution is -2.45. The second kappa shape index (κ2) is 28.5. The minimum Gasteiger partial charge on any atom is -0.756 e. The van der Waals surface area contributed by atoms with E-state index in [9.17, 15) is 19.4 Å². The van der Waals surface area contributed by atoms with Gasteiger partial charge in [0.2, 0.25) is 5.91 Å². The number of quaternary nitrogens is 1. The Morgan fingerprint density at radius 2 is 1.23 bits per heavy atom. The van der Waals surface area contributed by atoms with Gasteiger partial charge in [-0.25, -0.2) is 0 Å². The van der Waals surface area contributed by atoms with Crippen molar-refractivity contribution >= 4 is 13.7 Å². The zero-order valence-corrected chi connectivity index (χ0v) is 30.3. The summed E-state index contributed by atoms with van der Waals surface area (Å²) in [6.07, 6.45) is 28.2. The number of amides is 1. The molecule has 0 aliphatic rings. The summed E-state index contributed by atoms with van der Waals surface area (Å²) in [5.41, 5.74) is 0. The van der Waals surface area contributed by atoms with Crippen molar-refractivity contribution in [2.45, 2.75) is 167 Å². The average molecular weight is 647 g/mol. The minimum atomic E-state index is -4.57. The third-order valence-electron chi connectivity index (χ3n) is 8.00. The van der Waals surface area contributed by atoms with E-state index in [2.05, 4.69) is 19.2 Å². The van der Waals surface area contributed by atoms with E-state index >= 15 is 0 Å². The SMILES string of the molecule is CCCCCCCCCCCCC/C=C/[C@@H](O)[C@H](COP(=O)([O-])OCC[N+](C)(C)C)NC(=O)CCCCCCCCCCC. The molecular weight excluding hydrogens is 575 g/mol. The van der Waals surface area contributed by atoms with Crippen LogP contribution in [-0.4, -0.2) is 68.5 Å². The van der Waals surface area contributed by atoms with Crippen LogP contribution >= 0.6 is 7.82 Å². The number of allylic oxidation sites excluding steroid dienone is 1. The van der Waals surface area contributed by atoms with Gasteiger partial charge < -0.3 is 28.8 Å². The third kappa shape index (κ3) is 29.9. The van der Waals surface area contributed by atoms with E-state index in [1.807, 2.05) is 27.2 Å². The van der Waals surface area contributed by atoms with E-state index in [1.165, 1.54) is 96.3 Å². The van der Waals surface area contributed by atoms with E-state index in [0.29, 0.717) is 17.4 Å². The number of hydrogen-bond donors (Lipinski definition) is 2. The number of aliphatic hydroxyl groups is 1. The molecule has 2 N–H and O–H groups in total. The van der Waals surface area contributed by atoms with Gasteiger partial charge in [-0.15, -0.1) is 0 Å². The Labute approximate surface area is 272 Å². The predicted molar refractivity (Wildman–Crippen MR) is 182 cm³/mol. The summed E-state index contributed by atoms with van der Waals surface area (Å²) in [5, 5.41) is 13.6. The fourth-order valence-electron chi connectivity index (χ4n) is 5.03. The van der Waals surface area contributed by atoms with E-state index in [0.717, 1.165) is 38.5 Å². The first-order valence-corrected chi connectivity index (χ1v) is 19.5. The summed E-state index contributed by atoms with van der Waals surface area (Å²) in [7, 11) is 1.26. The van der Waals surface area contributed by atoms with Gasteiger partial charge in [-0.05, 0) is 19.3 Å². The van der Waals surface area contributed by atoms with Gasteiger partial charge in [-0.1, -0.05) is 142 Å². The lowest BCUT2D eigenvalue weighted by Gasteiger charge is -2.29. The van der Waals surface area contributed by atoms with Crippen molar-refractivity contribution in [1.29, 1.82) is 0 Å². The fraction of sp³-hybridized carbons (Fsp3) is 0.914. The molecule has 0 saturated carbocycles. The molecule has 0 heterocycles. The summed E-state index contributed by atoms with van der Waals surface area (Å²) in [6, 6.07) is -0.876. The number of nitrogens with zero attached hydrogens (tertiary/aromatic N) is 1. The van der Waals surface area contributed by atoms with Crippen molar-refractivity contribution in [2.24, 2.45) is 0 Å². The predicted octanol–water partition coefficient (Wildman–Crippen LogP) is 8.22. The molecule has 0 aromatic carbocycles. The Hall–Kier alpha value is -0.760. The maximum absolute atomic E-state index is 12.7. The van der Waals surface area contributed by atoms with Crippen LogP contribution in [0.3, 0.4) is 0 Å². The van der Waals surface area contributed by atoms with Crippen molar-refractivity contribution in [3.8, 4) is 0 Å². The molecule has 0 radical (unpaired) electrons. The molecule has 262 valence electrons. The average Bonchev–Trinajstić information content (AvgIpc) is 2.95. The maximum Gasteiger partial charge on any atom is 0.268 e. The van der Waals surface area contributed by atoms with Crippen LogP contribution in [0.2, 0.25) is 0 Å². The second-order valence-electron chi connectivity index (χ2n) is 13.6. The first-order valence-electron chi connectivity index (χ1n) is 18.1. The topological polar surface area (TPSA) is 108 Å². The zero-order chi connectivity index (χ0) is 32.9. The van der Waals surface area contributed by atoms with Crippen molar-refractivity contribution in [3.63, 3.8) is 0 Å². The Balaban J connectivity index is 4.57. The van der Waals surface area contributed by atoms with Gasteiger partial charge in [0.1, 0.15) is 13.2 Å². The lowest BCUT2D eigenvalue weighted by atomic mass is 10.0. The Bertz CT molecular complexity index is 743. The van der Waals surface area contributed by atoms with Crippen LogP contribution in [0, 0.1) is 0 Å². The highest BCUT2D eigenvalue weighted by Crippen LogP contribution is 2.38. The van der Waals surface area contributed by atoms with Crippen LogP contribution in [-0.2, 0) is 18.4 Å². The fourth-order valence-corrected chi connectivity index (χ4v) is 5.76. The minimum absolute atomic E-state index is 0.00131. The van der Waals surface area contributed by atoms with E-state index in [1.54, 1.807) is 6.08 Å². The van der Waals surface area contributed by atoms with Crippen LogP contribution in [0.4, 0.5) is 0 Å². The quantitative estimate of drug-likeness (QED) is 0.0330. The van der Waals surface area contributed by atoms with Gasteiger partial charge in [-0.3, -0.25) is 9.36 Å². The van der Waals surface area contributed by atoms with Gasteiger partial charge in [0.05, 0.1) is 39.9 Å². The number of phosphoric acid groups is 1. The van der Waals surface area contributed by atoms with Gasteiger partial charge in [0.25, 0.3) is 7.82 Å². The first-order chi connectivity index (χ1) is 21.0. The standard InChI is InChI=1S/C35H71N2O6P/c1-6-8-10-12-14-16-17-18-19-21-22-24-26-28-34(38)33(32-43-44(40,41)42-31-30-37(3,4)5)36-35(39)29-27-25-23-20-15-13-11-9-7-2/h26,28,33-34,38H,6-25,27,29-32H2,1-5H3,(H-,36,39,40,41)/b28-26+/t33-,34+/m0/s1. The summed E-state index contributed by atoms with van der Waals surface area (Å²) in [6.45, 7) is 4.59. The largest absolute Gasteiger partial charge is 0.756 e. The van der Waals surface area contributed by atoms with Gasteiger partial charge >= 0.3 is 0 Å². The van der Waals surface area contributed by atoms with Gasteiger partial charge in [-0.2, -0.15) is 0 Å². The number of carbonyl (C=O) groups excluding carboxylic acids is 1. The molecule has 0 fully saturated rings. The number of nitrogens with one attached hydrogen (secondary N) is 1. The lowest BCUT2D eigenvalue weighted by molar-refractivity contribution is -0.870. The highest BCUT2D eigenvalue weighted by molar-refractivity contribution is 7.45. The van der Waals surface area contributed by atoms with Crippen molar-refractivity contribution < 1.29 is 32.9 Å². The molecule has 0 aliphatic heterocycles. The van der Waals surface area contributed by atoms with Crippen LogP contribution in [0.25, 0.3) is 0 Å². The number of aliphatic hydroxyl groups excluding tert-OH is 1. The maximum atomic E-state index is 12.7. The molecule has 0 bridgehead atoms. The molecule has 44 heavy (non-hydrogen) atoms. The van der Waals surface area contributed by atoms with Crippen LogP contribution < -0.4 is 10.2 Å². The number of rotatable bonds is 32. The van der Waals surface area contributed by atoms with Crippen molar-refractivity contribution in [1.82, 2.24) is 5.32 Å². The number of likely N-dealkylation sites (N-methyl/N-ethyl adjacent to an activating group) is 1. The summed E-state index contributed by atoms with van der Waals surface area (Å²) >= 11 is 0. The number of carbonyl (C=O) groups is 1. The highest BCUT2D eigenvalue weighted by Gasteiger charge is 2.23. The normalized spacial score (nSPS) is 15.0. The second-order valence-corrected chi connectivity index (χ2v) is 15.0. The molecule has 8 nitrogen and oxygen atoms in total. The van der Waals surface area contributed by atoms with Crippen LogP contribution in [0.5, 0.6) is 0 Å². The number of unbranched alkanes of at least 4 members (excludes halogenated alkanes) is 19.